The maximum atomic E-state index is 13.7. The van der Waals surface area contributed by atoms with Gasteiger partial charge in [-0.2, -0.15) is 0 Å². The number of aromatic nitrogens is 1. The van der Waals surface area contributed by atoms with Crippen molar-refractivity contribution >= 4 is 38.2 Å². The molecule has 1 saturated heterocycles. The van der Waals surface area contributed by atoms with Crippen molar-refractivity contribution in [3.63, 3.8) is 0 Å². The first-order valence-electron chi connectivity index (χ1n) is 9.63. The maximum absolute atomic E-state index is 13.7. The SMILES string of the molecule is CCc1ccc(S(=O)(=O)c2c(C(=O)N3CCCC3)cnc3ccc(Cl)cc23)cc1. The van der Waals surface area contributed by atoms with E-state index in [1.54, 1.807) is 47.4 Å². The van der Waals surface area contributed by atoms with Gasteiger partial charge in [0.05, 0.1) is 20.9 Å². The van der Waals surface area contributed by atoms with E-state index in [-0.39, 0.29) is 21.3 Å². The van der Waals surface area contributed by atoms with Gasteiger partial charge in [0.1, 0.15) is 0 Å². The van der Waals surface area contributed by atoms with Crippen molar-refractivity contribution in [3.8, 4) is 0 Å². The van der Waals surface area contributed by atoms with Gasteiger partial charge in [-0.3, -0.25) is 9.78 Å². The summed E-state index contributed by atoms with van der Waals surface area (Å²) >= 11 is 6.17. The van der Waals surface area contributed by atoms with Gasteiger partial charge in [-0.25, -0.2) is 8.42 Å². The number of likely N-dealkylation sites (tertiary alicyclic amines) is 1. The number of halogens is 1. The Morgan fingerprint density at radius 2 is 1.79 bits per heavy atom. The van der Waals surface area contributed by atoms with E-state index < -0.39 is 9.84 Å². The maximum Gasteiger partial charge on any atom is 0.256 e. The number of hydrogen-bond acceptors (Lipinski definition) is 4. The monoisotopic (exact) mass is 428 g/mol. The van der Waals surface area contributed by atoms with Crippen molar-refractivity contribution in [2.24, 2.45) is 0 Å². The zero-order valence-corrected chi connectivity index (χ0v) is 17.6. The Hall–Kier alpha value is -2.44. The summed E-state index contributed by atoms with van der Waals surface area (Å²) in [5.41, 5.74) is 1.62. The van der Waals surface area contributed by atoms with Crippen LogP contribution in [0, 0.1) is 0 Å². The standard InChI is InChI=1S/C22H21ClN2O3S/c1-2-15-5-8-17(9-6-15)29(27,28)21-18-13-16(23)7-10-20(18)24-14-19(21)22(26)25-11-3-4-12-25/h5-10,13-14H,2-4,11-12H2,1H3. The van der Waals surface area contributed by atoms with E-state index in [1.807, 2.05) is 6.92 Å². The van der Waals surface area contributed by atoms with E-state index >= 15 is 0 Å². The Morgan fingerprint density at radius 1 is 1.10 bits per heavy atom. The van der Waals surface area contributed by atoms with Crippen molar-refractivity contribution in [2.75, 3.05) is 13.1 Å². The average molecular weight is 429 g/mol. The van der Waals surface area contributed by atoms with E-state index in [1.165, 1.54) is 6.20 Å². The summed E-state index contributed by atoms with van der Waals surface area (Å²) in [6.07, 6.45) is 4.02. The number of amides is 1. The third-order valence-corrected chi connectivity index (χ3v) is 7.42. The molecule has 1 aromatic heterocycles. The lowest BCUT2D eigenvalue weighted by Gasteiger charge is -2.19. The fourth-order valence-corrected chi connectivity index (χ4v) is 5.48. The molecule has 0 atom stereocenters. The highest BCUT2D eigenvalue weighted by molar-refractivity contribution is 7.91. The van der Waals surface area contributed by atoms with Crippen molar-refractivity contribution in [1.29, 1.82) is 0 Å². The first kappa shape index (κ1) is 19.9. The second kappa shape index (κ2) is 7.76. The second-order valence-electron chi connectivity index (χ2n) is 7.16. The number of hydrogen-bond donors (Lipinski definition) is 0. The van der Waals surface area contributed by atoms with E-state index in [4.69, 9.17) is 11.6 Å². The van der Waals surface area contributed by atoms with Crippen LogP contribution in [-0.4, -0.2) is 37.3 Å². The molecule has 2 aromatic carbocycles. The fraction of sp³-hybridized carbons (Fsp3) is 0.273. The quantitative estimate of drug-likeness (QED) is 0.612. The van der Waals surface area contributed by atoms with Crippen molar-refractivity contribution in [1.82, 2.24) is 9.88 Å². The predicted molar refractivity (Wildman–Crippen MR) is 113 cm³/mol. The molecular weight excluding hydrogens is 408 g/mol. The van der Waals surface area contributed by atoms with Crippen LogP contribution in [-0.2, 0) is 16.3 Å². The Morgan fingerprint density at radius 3 is 2.45 bits per heavy atom. The fourth-order valence-electron chi connectivity index (χ4n) is 3.70. The molecule has 4 rings (SSSR count). The summed E-state index contributed by atoms with van der Waals surface area (Å²) < 4.78 is 27.3. The number of benzene rings is 2. The van der Waals surface area contributed by atoms with Crippen LogP contribution in [0.15, 0.2) is 58.5 Å². The van der Waals surface area contributed by atoms with Crippen LogP contribution >= 0.6 is 11.6 Å². The van der Waals surface area contributed by atoms with Crippen LogP contribution in [0.1, 0.15) is 35.7 Å². The molecule has 3 aromatic rings. The number of fused-ring (bicyclic) bond motifs is 1. The highest BCUT2D eigenvalue weighted by Gasteiger charge is 2.31. The Balaban J connectivity index is 1.97. The van der Waals surface area contributed by atoms with Crippen molar-refractivity contribution in [3.05, 3.63) is 64.8 Å². The molecule has 0 radical (unpaired) electrons. The van der Waals surface area contributed by atoms with Gasteiger partial charge in [-0.15, -0.1) is 0 Å². The molecule has 7 heteroatoms. The molecule has 0 bridgehead atoms. The highest BCUT2D eigenvalue weighted by Crippen LogP contribution is 2.33. The number of sulfone groups is 1. The van der Waals surface area contributed by atoms with E-state index in [0.717, 1.165) is 24.8 Å². The number of carbonyl (C=O) groups is 1. The molecule has 0 N–H and O–H groups in total. The van der Waals surface area contributed by atoms with Crippen molar-refractivity contribution in [2.45, 2.75) is 36.0 Å². The lowest BCUT2D eigenvalue weighted by molar-refractivity contribution is 0.0789. The minimum absolute atomic E-state index is 0.0221. The first-order valence-corrected chi connectivity index (χ1v) is 11.5. The minimum atomic E-state index is -3.96. The molecule has 1 aliphatic rings. The highest BCUT2D eigenvalue weighted by atomic mass is 35.5. The van der Waals surface area contributed by atoms with Crippen LogP contribution in [0.3, 0.4) is 0 Å². The first-order chi connectivity index (χ1) is 13.9. The lowest BCUT2D eigenvalue weighted by Crippen LogP contribution is -2.29. The zero-order valence-electron chi connectivity index (χ0n) is 16.1. The summed E-state index contributed by atoms with van der Waals surface area (Å²) in [5.74, 6) is -0.305. The molecule has 0 spiro atoms. The van der Waals surface area contributed by atoms with Crippen molar-refractivity contribution < 1.29 is 13.2 Å². The van der Waals surface area contributed by atoms with Gasteiger partial charge >= 0.3 is 0 Å². The van der Waals surface area contributed by atoms with Crippen LogP contribution in [0.25, 0.3) is 10.9 Å². The molecule has 1 amide bonds. The molecule has 0 unspecified atom stereocenters. The number of aryl methyl sites for hydroxylation is 1. The summed E-state index contributed by atoms with van der Waals surface area (Å²) in [6.45, 7) is 3.25. The number of pyridine rings is 1. The number of carbonyl (C=O) groups excluding carboxylic acids is 1. The summed E-state index contributed by atoms with van der Waals surface area (Å²) in [5, 5.41) is 0.755. The van der Waals surface area contributed by atoms with E-state index in [9.17, 15) is 13.2 Å². The van der Waals surface area contributed by atoms with Gasteiger partial charge in [0, 0.05) is 29.7 Å². The van der Waals surface area contributed by atoms with Crippen LogP contribution in [0.5, 0.6) is 0 Å². The Bertz CT molecular complexity index is 1180. The van der Waals surface area contributed by atoms with E-state index in [2.05, 4.69) is 4.98 Å². The van der Waals surface area contributed by atoms with Gasteiger partial charge in [0.25, 0.3) is 5.91 Å². The summed E-state index contributed by atoms with van der Waals surface area (Å²) in [4.78, 5) is 19.3. The van der Waals surface area contributed by atoms with Crippen LogP contribution < -0.4 is 0 Å². The summed E-state index contributed by atoms with van der Waals surface area (Å²) in [7, 11) is -3.96. The van der Waals surface area contributed by atoms with Crippen LogP contribution in [0.2, 0.25) is 5.02 Å². The van der Waals surface area contributed by atoms with Gasteiger partial charge in [-0.1, -0.05) is 30.7 Å². The number of nitrogens with zero attached hydrogens (tertiary/aromatic N) is 2. The van der Waals surface area contributed by atoms with E-state index in [0.29, 0.717) is 29.0 Å². The Kier molecular flexibility index (Phi) is 5.32. The van der Waals surface area contributed by atoms with Crippen LogP contribution in [0.4, 0.5) is 0 Å². The third-order valence-electron chi connectivity index (χ3n) is 5.31. The topological polar surface area (TPSA) is 67.3 Å². The van der Waals surface area contributed by atoms with Gasteiger partial charge in [0.15, 0.2) is 0 Å². The molecule has 150 valence electrons. The van der Waals surface area contributed by atoms with Gasteiger partial charge in [-0.05, 0) is 55.2 Å². The Labute approximate surface area is 175 Å². The largest absolute Gasteiger partial charge is 0.339 e. The molecule has 0 aliphatic carbocycles. The smallest absolute Gasteiger partial charge is 0.256 e. The predicted octanol–water partition coefficient (Wildman–Crippen LogP) is 4.52. The lowest BCUT2D eigenvalue weighted by atomic mass is 10.1. The second-order valence-corrected chi connectivity index (χ2v) is 9.49. The molecule has 1 aliphatic heterocycles. The third kappa shape index (κ3) is 3.63. The minimum Gasteiger partial charge on any atom is -0.339 e. The summed E-state index contributed by atoms with van der Waals surface area (Å²) in [6, 6.07) is 11.7. The molecular formula is C22H21ClN2O3S. The number of rotatable bonds is 4. The van der Waals surface area contributed by atoms with Gasteiger partial charge in [0.2, 0.25) is 9.84 Å². The molecule has 0 saturated carbocycles. The molecule has 29 heavy (non-hydrogen) atoms. The molecule has 2 heterocycles. The average Bonchev–Trinajstić information content (AvgIpc) is 3.27. The zero-order chi connectivity index (χ0) is 20.6. The molecule has 5 nitrogen and oxygen atoms in total. The van der Waals surface area contributed by atoms with Gasteiger partial charge < -0.3 is 4.90 Å². The molecule has 1 fully saturated rings. The normalized spacial score (nSPS) is 14.5.